The van der Waals surface area contributed by atoms with E-state index in [1.165, 1.54) is 0 Å². The van der Waals surface area contributed by atoms with Crippen molar-refractivity contribution in [2.45, 2.75) is 13.5 Å². The Labute approximate surface area is 89.0 Å². The van der Waals surface area contributed by atoms with Gasteiger partial charge in [-0.05, 0) is 31.2 Å². The van der Waals surface area contributed by atoms with Gasteiger partial charge >= 0.3 is 0 Å². The van der Waals surface area contributed by atoms with E-state index in [9.17, 15) is 0 Å². The van der Waals surface area contributed by atoms with Gasteiger partial charge in [0.15, 0.2) is 5.82 Å². The summed E-state index contributed by atoms with van der Waals surface area (Å²) in [6, 6.07) is 8.15. The van der Waals surface area contributed by atoms with Crippen LogP contribution in [0.25, 0.3) is 11.4 Å². The first-order valence-electron chi connectivity index (χ1n) is 5.01. The van der Waals surface area contributed by atoms with Gasteiger partial charge in [-0.1, -0.05) is 0 Å². The number of hydrogen-bond acceptors (Lipinski definition) is 3. The first-order valence-corrected chi connectivity index (χ1v) is 5.01. The average molecular weight is 202 g/mol. The lowest BCUT2D eigenvalue weighted by atomic mass is 10.2. The Kier molecular flexibility index (Phi) is 2.67. The Hall–Kier alpha value is -1.84. The molecule has 0 bridgehead atoms. The zero-order valence-corrected chi connectivity index (χ0v) is 8.94. The normalized spacial score (nSPS) is 10.3. The van der Waals surface area contributed by atoms with Crippen molar-refractivity contribution in [3.8, 4) is 11.4 Å². The maximum atomic E-state index is 4.24. The molecule has 0 atom stereocenters. The molecule has 78 valence electrons. The Morgan fingerprint density at radius 2 is 2.00 bits per heavy atom. The maximum Gasteiger partial charge on any atom is 0.158 e. The highest BCUT2D eigenvalue weighted by Gasteiger charge is 2.04. The first kappa shape index (κ1) is 9.71. The van der Waals surface area contributed by atoms with E-state index in [-0.39, 0.29) is 0 Å². The zero-order valence-electron chi connectivity index (χ0n) is 8.94. The van der Waals surface area contributed by atoms with Crippen molar-refractivity contribution < 1.29 is 0 Å². The Bertz CT molecular complexity index is 430. The van der Waals surface area contributed by atoms with Gasteiger partial charge in [0.2, 0.25) is 0 Å². The van der Waals surface area contributed by atoms with Crippen molar-refractivity contribution in [2.75, 3.05) is 12.4 Å². The van der Waals surface area contributed by atoms with E-state index in [1.54, 1.807) is 6.33 Å². The molecule has 1 aromatic heterocycles. The summed E-state index contributed by atoms with van der Waals surface area (Å²) >= 11 is 0. The summed E-state index contributed by atoms with van der Waals surface area (Å²) in [4.78, 5) is 4.24. The van der Waals surface area contributed by atoms with E-state index in [0.717, 1.165) is 23.6 Å². The molecule has 0 saturated heterocycles. The van der Waals surface area contributed by atoms with Gasteiger partial charge in [0, 0.05) is 24.8 Å². The Balaban J connectivity index is 2.37. The topological polar surface area (TPSA) is 42.7 Å². The van der Waals surface area contributed by atoms with Crippen LogP contribution in [0.3, 0.4) is 0 Å². The average Bonchev–Trinajstić information content (AvgIpc) is 2.77. The highest BCUT2D eigenvalue weighted by Crippen LogP contribution is 2.18. The van der Waals surface area contributed by atoms with Gasteiger partial charge in [0.05, 0.1) is 0 Å². The summed E-state index contributed by atoms with van der Waals surface area (Å²) in [5, 5.41) is 7.23. The molecular formula is C11H14N4. The molecule has 0 aliphatic rings. The first-order chi connectivity index (χ1) is 7.35. The summed E-state index contributed by atoms with van der Waals surface area (Å²) in [7, 11) is 1.91. The van der Waals surface area contributed by atoms with E-state index >= 15 is 0 Å². The van der Waals surface area contributed by atoms with Crippen molar-refractivity contribution in [1.82, 2.24) is 14.8 Å². The molecule has 0 aliphatic carbocycles. The molecule has 0 spiro atoms. The zero-order chi connectivity index (χ0) is 10.7. The second-order valence-corrected chi connectivity index (χ2v) is 3.23. The number of nitrogens with one attached hydrogen (secondary N) is 1. The third kappa shape index (κ3) is 1.83. The third-order valence-electron chi connectivity index (χ3n) is 2.35. The minimum Gasteiger partial charge on any atom is -0.388 e. The van der Waals surface area contributed by atoms with Crippen molar-refractivity contribution in [3.05, 3.63) is 30.6 Å². The van der Waals surface area contributed by atoms with Crippen LogP contribution in [0.4, 0.5) is 5.69 Å². The standard InChI is InChI=1S/C11H14N4/c1-3-15-11(13-8-14-15)9-4-6-10(12-2)7-5-9/h4-8,12H,3H2,1-2H3. The Morgan fingerprint density at radius 3 is 2.60 bits per heavy atom. The summed E-state index contributed by atoms with van der Waals surface area (Å²) in [6.45, 7) is 2.89. The summed E-state index contributed by atoms with van der Waals surface area (Å²) < 4.78 is 1.88. The van der Waals surface area contributed by atoms with Crippen LogP contribution in [-0.2, 0) is 6.54 Å². The van der Waals surface area contributed by atoms with E-state index in [2.05, 4.69) is 22.3 Å². The molecule has 15 heavy (non-hydrogen) atoms. The molecule has 2 rings (SSSR count). The monoisotopic (exact) mass is 202 g/mol. The van der Waals surface area contributed by atoms with Gasteiger partial charge in [0.1, 0.15) is 6.33 Å². The summed E-state index contributed by atoms with van der Waals surface area (Å²) in [5.41, 5.74) is 2.19. The lowest BCUT2D eigenvalue weighted by molar-refractivity contribution is 0.666. The fourth-order valence-electron chi connectivity index (χ4n) is 1.51. The van der Waals surface area contributed by atoms with Crippen LogP contribution in [-0.4, -0.2) is 21.8 Å². The van der Waals surface area contributed by atoms with Gasteiger partial charge in [-0.3, -0.25) is 0 Å². The highest BCUT2D eigenvalue weighted by atomic mass is 15.3. The fraction of sp³-hybridized carbons (Fsp3) is 0.273. The number of rotatable bonds is 3. The molecule has 4 nitrogen and oxygen atoms in total. The van der Waals surface area contributed by atoms with Gasteiger partial charge in [-0.15, -0.1) is 0 Å². The molecule has 0 saturated carbocycles. The van der Waals surface area contributed by atoms with E-state index in [1.807, 2.05) is 36.0 Å². The predicted octanol–water partition coefficient (Wildman–Crippen LogP) is 2.01. The lowest BCUT2D eigenvalue weighted by Crippen LogP contribution is -1.99. The van der Waals surface area contributed by atoms with Crippen molar-refractivity contribution in [3.63, 3.8) is 0 Å². The molecule has 0 unspecified atom stereocenters. The van der Waals surface area contributed by atoms with Gasteiger partial charge in [-0.25, -0.2) is 9.67 Å². The molecule has 2 aromatic rings. The number of hydrogen-bond donors (Lipinski definition) is 1. The highest BCUT2D eigenvalue weighted by molar-refractivity contribution is 5.59. The molecular weight excluding hydrogens is 188 g/mol. The summed E-state index contributed by atoms with van der Waals surface area (Å²) in [6.07, 6.45) is 1.59. The largest absolute Gasteiger partial charge is 0.388 e. The van der Waals surface area contributed by atoms with Gasteiger partial charge < -0.3 is 5.32 Å². The second kappa shape index (κ2) is 4.13. The SMILES string of the molecule is CCn1ncnc1-c1ccc(NC)cc1. The van der Waals surface area contributed by atoms with Gasteiger partial charge in [0.25, 0.3) is 0 Å². The number of aromatic nitrogens is 3. The molecule has 1 heterocycles. The number of aryl methyl sites for hydroxylation is 1. The molecule has 0 fully saturated rings. The van der Waals surface area contributed by atoms with Crippen molar-refractivity contribution in [2.24, 2.45) is 0 Å². The predicted molar refractivity (Wildman–Crippen MR) is 60.7 cm³/mol. The van der Waals surface area contributed by atoms with Crippen LogP contribution in [0.5, 0.6) is 0 Å². The van der Waals surface area contributed by atoms with E-state index < -0.39 is 0 Å². The van der Waals surface area contributed by atoms with Crippen LogP contribution in [0, 0.1) is 0 Å². The quantitative estimate of drug-likeness (QED) is 0.827. The molecule has 4 heteroatoms. The van der Waals surface area contributed by atoms with Crippen LogP contribution in [0.1, 0.15) is 6.92 Å². The maximum absolute atomic E-state index is 4.24. The third-order valence-corrected chi connectivity index (χ3v) is 2.35. The molecule has 1 aromatic carbocycles. The van der Waals surface area contributed by atoms with Crippen LogP contribution in [0.2, 0.25) is 0 Å². The van der Waals surface area contributed by atoms with Gasteiger partial charge in [-0.2, -0.15) is 5.10 Å². The van der Waals surface area contributed by atoms with Crippen LogP contribution in [0.15, 0.2) is 30.6 Å². The van der Waals surface area contributed by atoms with Crippen LogP contribution >= 0.6 is 0 Å². The van der Waals surface area contributed by atoms with Crippen molar-refractivity contribution >= 4 is 5.69 Å². The Morgan fingerprint density at radius 1 is 1.27 bits per heavy atom. The molecule has 0 aliphatic heterocycles. The summed E-state index contributed by atoms with van der Waals surface area (Å²) in [5.74, 6) is 0.917. The van der Waals surface area contributed by atoms with E-state index in [0.29, 0.717) is 0 Å². The number of anilines is 1. The molecule has 1 N–H and O–H groups in total. The van der Waals surface area contributed by atoms with Crippen LogP contribution < -0.4 is 5.32 Å². The van der Waals surface area contributed by atoms with E-state index in [4.69, 9.17) is 0 Å². The fourth-order valence-corrected chi connectivity index (χ4v) is 1.51. The number of benzene rings is 1. The number of nitrogens with zero attached hydrogens (tertiary/aromatic N) is 3. The second-order valence-electron chi connectivity index (χ2n) is 3.23. The molecule has 0 radical (unpaired) electrons. The minimum atomic E-state index is 0.836. The molecule has 0 amide bonds. The lowest BCUT2D eigenvalue weighted by Gasteiger charge is -2.04. The minimum absolute atomic E-state index is 0.836. The van der Waals surface area contributed by atoms with Crippen molar-refractivity contribution in [1.29, 1.82) is 0 Å². The smallest absolute Gasteiger partial charge is 0.158 e.